The van der Waals surface area contributed by atoms with Crippen LogP contribution in [0.1, 0.15) is 60.3 Å². The van der Waals surface area contributed by atoms with Crippen molar-refractivity contribution in [3.05, 3.63) is 32.5 Å². The first-order chi connectivity index (χ1) is 15.7. The van der Waals surface area contributed by atoms with Gasteiger partial charge in [-0.25, -0.2) is 13.2 Å². The van der Waals surface area contributed by atoms with Crippen molar-refractivity contribution in [1.29, 1.82) is 0 Å². The highest BCUT2D eigenvalue weighted by Gasteiger charge is 2.39. The van der Waals surface area contributed by atoms with Gasteiger partial charge in [-0.3, -0.25) is 4.79 Å². The molecule has 4 rings (SSSR count). The highest BCUT2D eigenvalue weighted by atomic mass is 35.5. The van der Waals surface area contributed by atoms with Gasteiger partial charge in [-0.2, -0.15) is 4.31 Å². The minimum atomic E-state index is -3.85. The molecule has 1 saturated heterocycles. The van der Waals surface area contributed by atoms with Crippen molar-refractivity contribution >= 4 is 61.2 Å². The number of ether oxygens (including phenoxy) is 1. The van der Waals surface area contributed by atoms with Gasteiger partial charge in [0, 0.05) is 11.4 Å². The monoisotopic (exact) mass is 530 g/mol. The number of anilines is 1. The third-order valence-corrected chi connectivity index (χ3v) is 10.9. The summed E-state index contributed by atoms with van der Waals surface area (Å²) in [5.74, 6) is -0.356. The zero-order chi connectivity index (χ0) is 23.8. The molecule has 33 heavy (non-hydrogen) atoms. The van der Waals surface area contributed by atoms with Crippen LogP contribution in [0.3, 0.4) is 0 Å². The molecular weight excluding hydrogens is 504 g/mol. The van der Waals surface area contributed by atoms with Crippen LogP contribution in [-0.2, 0) is 32.4 Å². The molecule has 7 nitrogen and oxygen atoms in total. The second-order valence-electron chi connectivity index (χ2n) is 8.45. The fraction of sp³-hybridized carbons (Fsp3) is 0.545. The van der Waals surface area contributed by atoms with Gasteiger partial charge in [0.05, 0.1) is 16.5 Å². The molecule has 0 spiro atoms. The summed E-state index contributed by atoms with van der Waals surface area (Å²) in [7, 11) is -3.85. The van der Waals surface area contributed by atoms with Gasteiger partial charge >= 0.3 is 5.97 Å². The second kappa shape index (κ2) is 10.0. The summed E-state index contributed by atoms with van der Waals surface area (Å²) in [5.41, 5.74) is 1.38. The maximum absolute atomic E-state index is 13.4. The molecule has 2 aromatic rings. The van der Waals surface area contributed by atoms with Gasteiger partial charge in [-0.05, 0) is 62.6 Å². The number of sulfonamides is 1. The van der Waals surface area contributed by atoms with E-state index < -0.39 is 27.9 Å². The van der Waals surface area contributed by atoms with Crippen molar-refractivity contribution in [2.75, 3.05) is 18.5 Å². The second-order valence-corrected chi connectivity index (χ2v) is 13.4. The van der Waals surface area contributed by atoms with Crippen LogP contribution in [-0.4, -0.2) is 43.8 Å². The molecule has 180 valence electrons. The number of rotatable bonds is 6. The van der Waals surface area contributed by atoms with E-state index in [4.69, 9.17) is 16.3 Å². The van der Waals surface area contributed by atoms with E-state index in [0.29, 0.717) is 33.7 Å². The molecule has 1 aliphatic heterocycles. The van der Waals surface area contributed by atoms with Crippen LogP contribution in [0, 0.1) is 5.92 Å². The first-order valence-corrected chi connectivity index (χ1v) is 14.6. The lowest BCUT2D eigenvalue weighted by molar-refractivity contribution is -0.120. The maximum atomic E-state index is 13.4. The standard InChI is InChI=1S/C22H27ClN2O5S3/c1-3-30-22(27)19-14-8-7-13(2)12-16(14)31-21(19)24-20(26)15-6-4-5-11-25(15)33(28,29)18-10-9-17(23)32-18/h9-10,13,15H,3-8,11-12H2,1-2H3,(H,24,26). The SMILES string of the molecule is CCOC(=O)c1c(NC(=O)C2CCCCN2S(=O)(=O)c2ccc(Cl)s2)sc2c1CCC(C)C2. The first kappa shape index (κ1) is 24.7. The Bertz CT molecular complexity index is 1160. The molecule has 0 saturated carbocycles. The molecule has 1 amide bonds. The van der Waals surface area contributed by atoms with Gasteiger partial charge in [-0.15, -0.1) is 22.7 Å². The quantitative estimate of drug-likeness (QED) is 0.533. The van der Waals surface area contributed by atoms with E-state index in [-0.39, 0.29) is 17.4 Å². The Hall–Kier alpha value is -1.46. The average molecular weight is 531 g/mol. The number of fused-ring (bicyclic) bond motifs is 1. The first-order valence-electron chi connectivity index (χ1n) is 11.1. The Balaban J connectivity index is 1.63. The fourth-order valence-electron chi connectivity index (χ4n) is 4.46. The Morgan fingerprint density at radius 2 is 2.03 bits per heavy atom. The van der Waals surface area contributed by atoms with Gasteiger partial charge in [0.25, 0.3) is 10.0 Å². The Morgan fingerprint density at radius 1 is 1.24 bits per heavy atom. The van der Waals surface area contributed by atoms with E-state index in [9.17, 15) is 18.0 Å². The number of piperidine rings is 1. The number of carbonyl (C=O) groups is 2. The number of nitrogens with zero attached hydrogens (tertiary/aromatic N) is 1. The average Bonchev–Trinajstić information content (AvgIpc) is 3.37. The van der Waals surface area contributed by atoms with Gasteiger partial charge in [0.1, 0.15) is 15.3 Å². The van der Waals surface area contributed by atoms with Crippen LogP contribution in [0.15, 0.2) is 16.3 Å². The smallest absolute Gasteiger partial charge is 0.341 e. The van der Waals surface area contributed by atoms with Crippen LogP contribution in [0.4, 0.5) is 5.00 Å². The van der Waals surface area contributed by atoms with Gasteiger partial charge in [0.15, 0.2) is 0 Å². The van der Waals surface area contributed by atoms with Crippen LogP contribution < -0.4 is 5.32 Å². The zero-order valence-electron chi connectivity index (χ0n) is 18.6. The summed E-state index contributed by atoms with van der Waals surface area (Å²) in [6, 6.07) is 2.16. The van der Waals surface area contributed by atoms with E-state index in [1.807, 2.05) is 0 Å². The maximum Gasteiger partial charge on any atom is 0.341 e. The van der Waals surface area contributed by atoms with Crippen molar-refractivity contribution < 1.29 is 22.7 Å². The third-order valence-electron chi connectivity index (χ3n) is 6.10. The Labute approximate surface area is 207 Å². The van der Waals surface area contributed by atoms with Gasteiger partial charge in [0.2, 0.25) is 5.91 Å². The van der Waals surface area contributed by atoms with Crippen LogP contribution >= 0.6 is 34.3 Å². The predicted octanol–water partition coefficient (Wildman–Crippen LogP) is 4.95. The summed E-state index contributed by atoms with van der Waals surface area (Å²) >= 11 is 8.34. The molecule has 0 bridgehead atoms. The van der Waals surface area contributed by atoms with Crippen molar-refractivity contribution in [2.45, 2.75) is 62.6 Å². The van der Waals surface area contributed by atoms with Gasteiger partial charge in [-0.1, -0.05) is 24.9 Å². The molecule has 1 aliphatic carbocycles. The van der Waals surface area contributed by atoms with E-state index in [1.54, 1.807) is 13.0 Å². The summed E-state index contributed by atoms with van der Waals surface area (Å²) in [6.45, 7) is 4.43. The lowest BCUT2D eigenvalue weighted by atomic mass is 9.88. The normalized spacial score (nSPS) is 21.4. The van der Waals surface area contributed by atoms with Crippen molar-refractivity contribution in [1.82, 2.24) is 4.31 Å². The van der Waals surface area contributed by atoms with E-state index in [1.165, 1.54) is 21.7 Å². The highest BCUT2D eigenvalue weighted by molar-refractivity contribution is 7.91. The predicted molar refractivity (Wildman–Crippen MR) is 131 cm³/mol. The topological polar surface area (TPSA) is 92.8 Å². The number of hydrogen-bond donors (Lipinski definition) is 1. The number of carbonyl (C=O) groups excluding carboxylic acids is 2. The zero-order valence-corrected chi connectivity index (χ0v) is 21.8. The molecule has 2 aliphatic rings. The number of thiophene rings is 2. The largest absolute Gasteiger partial charge is 0.462 e. The van der Waals surface area contributed by atoms with Gasteiger partial charge < -0.3 is 10.1 Å². The summed E-state index contributed by atoms with van der Waals surface area (Å²) in [6.07, 6.45) is 4.44. The Kier molecular flexibility index (Phi) is 7.50. The molecule has 2 atom stereocenters. The molecule has 0 aromatic carbocycles. The molecule has 1 fully saturated rings. The lowest BCUT2D eigenvalue weighted by Gasteiger charge is -2.33. The number of hydrogen-bond acceptors (Lipinski definition) is 7. The molecule has 1 N–H and O–H groups in total. The van der Waals surface area contributed by atoms with E-state index in [0.717, 1.165) is 47.5 Å². The van der Waals surface area contributed by atoms with Crippen molar-refractivity contribution in [3.63, 3.8) is 0 Å². The molecule has 2 unspecified atom stereocenters. The molecule has 3 heterocycles. The van der Waals surface area contributed by atoms with Crippen LogP contribution in [0.25, 0.3) is 0 Å². The number of halogens is 1. The minimum Gasteiger partial charge on any atom is -0.462 e. The van der Waals surface area contributed by atoms with Crippen LogP contribution in [0.5, 0.6) is 0 Å². The molecule has 2 aromatic heterocycles. The van der Waals surface area contributed by atoms with Crippen LogP contribution in [0.2, 0.25) is 4.34 Å². The third kappa shape index (κ3) is 5.00. The molecule has 0 radical (unpaired) electrons. The number of nitrogens with one attached hydrogen (secondary N) is 1. The number of esters is 1. The molecule has 11 heteroatoms. The minimum absolute atomic E-state index is 0.125. The van der Waals surface area contributed by atoms with Crippen molar-refractivity contribution in [3.8, 4) is 0 Å². The fourth-order valence-corrected chi connectivity index (χ4v) is 9.13. The number of amides is 1. The molecular formula is C22H27ClN2O5S3. The Morgan fingerprint density at radius 3 is 2.73 bits per heavy atom. The highest BCUT2D eigenvalue weighted by Crippen LogP contribution is 2.40. The lowest BCUT2D eigenvalue weighted by Crippen LogP contribution is -2.49. The van der Waals surface area contributed by atoms with E-state index in [2.05, 4.69) is 12.2 Å². The summed E-state index contributed by atoms with van der Waals surface area (Å²) in [5, 5.41) is 3.36. The van der Waals surface area contributed by atoms with Crippen molar-refractivity contribution in [2.24, 2.45) is 5.92 Å². The summed E-state index contributed by atoms with van der Waals surface area (Å²) < 4.78 is 33.6. The van der Waals surface area contributed by atoms with E-state index >= 15 is 0 Å². The summed E-state index contributed by atoms with van der Waals surface area (Å²) in [4.78, 5) is 27.2.